The molecule has 0 spiro atoms. The standard InChI is InChI=1S/C12H14BrN3/c13-9-4-6-16-8-11(15-12(16)7-9)10-3-1-2-5-14-10/h4,6-8,10,14H,1-3,5H2. The zero-order chi connectivity index (χ0) is 11.0. The molecule has 1 aliphatic rings. The van der Waals surface area contributed by atoms with Crippen LogP contribution in [0.25, 0.3) is 5.65 Å². The molecule has 1 atom stereocenters. The summed E-state index contributed by atoms with van der Waals surface area (Å²) in [5, 5.41) is 3.52. The van der Waals surface area contributed by atoms with Gasteiger partial charge in [0, 0.05) is 16.9 Å². The molecular weight excluding hydrogens is 266 g/mol. The maximum absolute atomic E-state index is 4.67. The van der Waals surface area contributed by atoms with Crippen LogP contribution in [0.2, 0.25) is 0 Å². The summed E-state index contributed by atoms with van der Waals surface area (Å²) < 4.78 is 3.16. The zero-order valence-electron chi connectivity index (χ0n) is 8.99. The monoisotopic (exact) mass is 279 g/mol. The Morgan fingerprint density at radius 2 is 2.38 bits per heavy atom. The fourth-order valence-corrected chi connectivity index (χ4v) is 2.57. The maximum atomic E-state index is 4.67. The van der Waals surface area contributed by atoms with Gasteiger partial charge in [0.15, 0.2) is 0 Å². The number of hydrogen-bond donors (Lipinski definition) is 1. The van der Waals surface area contributed by atoms with Crippen molar-refractivity contribution in [2.24, 2.45) is 0 Å². The molecule has 3 rings (SSSR count). The molecule has 2 aromatic heterocycles. The number of imidazole rings is 1. The molecular formula is C12H14BrN3. The van der Waals surface area contributed by atoms with Crippen molar-refractivity contribution in [1.82, 2.24) is 14.7 Å². The van der Waals surface area contributed by atoms with Gasteiger partial charge in [-0.05, 0) is 31.5 Å². The van der Waals surface area contributed by atoms with Crippen LogP contribution in [0.3, 0.4) is 0 Å². The molecule has 1 fully saturated rings. The Hall–Kier alpha value is -0.870. The summed E-state index contributed by atoms with van der Waals surface area (Å²) in [6.45, 7) is 1.11. The Bertz CT molecular complexity index is 500. The summed E-state index contributed by atoms with van der Waals surface area (Å²) in [6.07, 6.45) is 7.96. The molecule has 0 aliphatic carbocycles. The Kier molecular flexibility index (Phi) is 2.69. The highest BCUT2D eigenvalue weighted by atomic mass is 79.9. The van der Waals surface area contributed by atoms with Crippen LogP contribution in [0.4, 0.5) is 0 Å². The predicted molar refractivity (Wildman–Crippen MR) is 67.5 cm³/mol. The van der Waals surface area contributed by atoms with E-state index in [1.165, 1.54) is 19.3 Å². The van der Waals surface area contributed by atoms with Crippen LogP contribution in [0.1, 0.15) is 31.0 Å². The van der Waals surface area contributed by atoms with Gasteiger partial charge in [-0.15, -0.1) is 0 Å². The summed E-state index contributed by atoms with van der Waals surface area (Å²) in [4.78, 5) is 4.67. The smallest absolute Gasteiger partial charge is 0.138 e. The molecule has 0 amide bonds. The number of fused-ring (bicyclic) bond motifs is 1. The largest absolute Gasteiger partial charge is 0.309 e. The van der Waals surface area contributed by atoms with E-state index in [0.717, 1.165) is 22.4 Å². The second-order valence-electron chi connectivity index (χ2n) is 4.28. The maximum Gasteiger partial charge on any atom is 0.138 e. The van der Waals surface area contributed by atoms with Crippen molar-refractivity contribution in [3.05, 3.63) is 34.7 Å². The highest BCUT2D eigenvalue weighted by molar-refractivity contribution is 9.10. The molecule has 4 heteroatoms. The van der Waals surface area contributed by atoms with Gasteiger partial charge >= 0.3 is 0 Å². The van der Waals surface area contributed by atoms with Gasteiger partial charge in [0.25, 0.3) is 0 Å². The minimum absolute atomic E-state index is 0.437. The first-order valence-corrected chi connectivity index (χ1v) is 6.50. The van der Waals surface area contributed by atoms with Gasteiger partial charge in [-0.3, -0.25) is 0 Å². The van der Waals surface area contributed by atoms with E-state index in [1.807, 2.05) is 18.3 Å². The first-order valence-electron chi connectivity index (χ1n) is 5.70. The molecule has 0 saturated carbocycles. The lowest BCUT2D eigenvalue weighted by atomic mass is 10.0. The molecule has 1 saturated heterocycles. The Balaban J connectivity index is 1.97. The minimum Gasteiger partial charge on any atom is -0.309 e. The average molecular weight is 280 g/mol. The van der Waals surface area contributed by atoms with Gasteiger partial charge in [0.05, 0.1) is 11.7 Å². The number of aromatic nitrogens is 2. The van der Waals surface area contributed by atoms with E-state index in [0.29, 0.717) is 6.04 Å². The third-order valence-electron chi connectivity index (χ3n) is 3.11. The molecule has 0 bridgehead atoms. The minimum atomic E-state index is 0.437. The predicted octanol–water partition coefficient (Wildman–Crippen LogP) is 2.91. The lowest BCUT2D eigenvalue weighted by Crippen LogP contribution is -2.26. The molecule has 3 nitrogen and oxygen atoms in total. The fourth-order valence-electron chi connectivity index (χ4n) is 2.25. The van der Waals surface area contributed by atoms with Gasteiger partial charge < -0.3 is 9.72 Å². The summed E-state index contributed by atoms with van der Waals surface area (Å²) in [5.74, 6) is 0. The molecule has 1 N–H and O–H groups in total. The number of nitrogens with one attached hydrogen (secondary N) is 1. The van der Waals surface area contributed by atoms with Gasteiger partial charge in [0.2, 0.25) is 0 Å². The summed E-state index contributed by atoms with van der Waals surface area (Å²) in [5.41, 5.74) is 2.18. The second-order valence-corrected chi connectivity index (χ2v) is 5.19. The molecule has 2 aromatic rings. The van der Waals surface area contributed by atoms with Gasteiger partial charge in [-0.1, -0.05) is 22.4 Å². The third kappa shape index (κ3) is 1.87. The van der Waals surface area contributed by atoms with Crippen molar-refractivity contribution >= 4 is 21.6 Å². The Morgan fingerprint density at radius 3 is 3.19 bits per heavy atom. The second kappa shape index (κ2) is 4.18. The topological polar surface area (TPSA) is 29.3 Å². The quantitative estimate of drug-likeness (QED) is 0.870. The van der Waals surface area contributed by atoms with E-state index in [9.17, 15) is 0 Å². The van der Waals surface area contributed by atoms with Gasteiger partial charge in [-0.25, -0.2) is 4.98 Å². The normalized spacial score (nSPS) is 21.4. The van der Waals surface area contributed by atoms with Crippen LogP contribution in [-0.2, 0) is 0 Å². The number of hydrogen-bond acceptors (Lipinski definition) is 2. The summed E-state index contributed by atoms with van der Waals surface area (Å²) in [7, 11) is 0. The SMILES string of the molecule is Brc1ccn2cc(C3CCCCN3)nc2c1. The highest BCUT2D eigenvalue weighted by Gasteiger charge is 2.17. The van der Waals surface area contributed by atoms with Crippen LogP contribution < -0.4 is 5.32 Å². The lowest BCUT2D eigenvalue weighted by molar-refractivity contribution is 0.406. The number of pyridine rings is 1. The van der Waals surface area contributed by atoms with E-state index in [4.69, 9.17) is 0 Å². The van der Waals surface area contributed by atoms with Crippen molar-refractivity contribution in [2.45, 2.75) is 25.3 Å². The number of piperidine rings is 1. The highest BCUT2D eigenvalue weighted by Crippen LogP contribution is 2.23. The van der Waals surface area contributed by atoms with Crippen molar-refractivity contribution in [1.29, 1.82) is 0 Å². The van der Waals surface area contributed by atoms with Crippen molar-refractivity contribution in [3.63, 3.8) is 0 Å². The average Bonchev–Trinajstić information content (AvgIpc) is 2.73. The van der Waals surface area contributed by atoms with E-state index >= 15 is 0 Å². The Labute approximate surface area is 103 Å². The number of rotatable bonds is 1. The third-order valence-corrected chi connectivity index (χ3v) is 3.60. The molecule has 84 valence electrons. The van der Waals surface area contributed by atoms with E-state index < -0.39 is 0 Å². The van der Waals surface area contributed by atoms with Crippen LogP contribution in [0.15, 0.2) is 29.0 Å². The molecule has 1 unspecified atom stereocenters. The summed E-state index contributed by atoms with van der Waals surface area (Å²) in [6, 6.07) is 4.52. The van der Waals surface area contributed by atoms with Crippen LogP contribution in [0, 0.1) is 0 Å². The van der Waals surface area contributed by atoms with Crippen molar-refractivity contribution in [3.8, 4) is 0 Å². The zero-order valence-corrected chi connectivity index (χ0v) is 10.6. The van der Waals surface area contributed by atoms with E-state index in [-0.39, 0.29) is 0 Å². The molecule has 16 heavy (non-hydrogen) atoms. The van der Waals surface area contributed by atoms with Gasteiger partial charge in [0.1, 0.15) is 5.65 Å². The fraction of sp³-hybridized carbons (Fsp3) is 0.417. The molecule has 3 heterocycles. The number of nitrogens with zero attached hydrogens (tertiary/aromatic N) is 2. The van der Waals surface area contributed by atoms with Crippen LogP contribution >= 0.6 is 15.9 Å². The van der Waals surface area contributed by atoms with Crippen LogP contribution in [-0.4, -0.2) is 15.9 Å². The van der Waals surface area contributed by atoms with Crippen LogP contribution in [0.5, 0.6) is 0 Å². The van der Waals surface area contributed by atoms with E-state index in [2.05, 4.69) is 36.8 Å². The first-order chi connectivity index (χ1) is 7.83. The molecule has 0 radical (unpaired) electrons. The number of halogens is 1. The summed E-state index contributed by atoms with van der Waals surface area (Å²) >= 11 is 3.47. The van der Waals surface area contributed by atoms with E-state index in [1.54, 1.807) is 0 Å². The lowest BCUT2D eigenvalue weighted by Gasteiger charge is -2.21. The van der Waals surface area contributed by atoms with Crippen molar-refractivity contribution < 1.29 is 0 Å². The van der Waals surface area contributed by atoms with Crippen molar-refractivity contribution in [2.75, 3.05) is 6.54 Å². The molecule has 1 aliphatic heterocycles. The van der Waals surface area contributed by atoms with Gasteiger partial charge in [-0.2, -0.15) is 0 Å². The Morgan fingerprint density at radius 1 is 1.44 bits per heavy atom. The first kappa shape index (κ1) is 10.3. The molecule has 0 aromatic carbocycles.